The average Bonchev–Trinajstić information content (AvgIpc) is 2.90. The van der Waals surface area contributed by atoms with Crippen LogP contribution in [0.3, 0.4) is 0 Å². The molecule has 0 saturated heterocycles. The van der Waals surface area contributed by atoms with Crippen LogP contribution in [0, 0.1) is 5.92 Å². The number of ether oxygens (including phenoxy) is 1. The Balaban J connectivity index is 1.33. The Morgan fingerprint density at radius 3 is 2.76 bits per heavy atom. The molecule has 3 aliphatic rings. The Kier molecular flexibility index (Phi) is 6.13. The summed E-state index contributed by atoms with van der Waals surface area (Å²) in [6.45, 7) is 2.53. The number of hydrogen-bond donors (Lipinski definition) is 1. The molecule has 0 aromatic heterocycles. The third-order valence-corrected chi connectivity index (χ3v) is 6.53. The zero-order valence-electron chi connectivity index (χ0n) is 16.6. The summed E-state index contributed by atoms with van der Waals surface area (Å²) in [5.74, 6) is 0.741. The molecule has 1 aromatic carbocycles. The van der Waals surface area contributed by atoms with Crippen LogP contribution in [0.2, 0.25) is 0 Å². The Bertz CT molecular complexity index is 902. The molecule has 7 heteroatoms. The molecule has 4 rings (SSSR count). The number of carbonyl (C=O) groups is 2. The van der Waals surface area contributed by atoms with Crippen molar-refractivity contribution in [1.82, 2.24) is 0 Å². The highest BCUT2D eigenvalue weighted by molar-refractivity contribution is 8.17. The first-order valence-electron chi connectivity index (χ1n) is 10.3. The lowest BCUT2D eigenvalue weighted by atomic mass is 9.94. The molecule has 2 heterocycles. The number of amidine groups is 1. The first kappa shape index (κ1) is 19.9. The maximum atomic E-state index is 12.6. The second-order valence-corrected chi connectivity index (χ2v) is 8.48. The second-order valence-electron chi connectivity index (χ2n) is 7.37. The molecule has 29 heavy (non-hydrogen) atoms. The van der Waals surface area contributed by atoms with E-state index in [-0.39, 0.29) is 24.2 Å². The molecule has 0 saturated carbocycles. The van der Waals surface area contributed by atoms with Gasteiger partial charge in [-0.3, -0.25) is 9.59 Å². The molecular formula is C22H25N3O3S. The fourth-order valence-electron chi connectivity index (χ4n) is 3.88. The maximum Gasteiger partial charge on any atom is 0.261 e. The van der Waals surface area contributed by atoms with Crippen LogP contribution in [0.25, 0.3) is 0 Å². The molecule has 1 aromatic rings. The van der Waals surface area contributed by atoms with Crippen LogP contribution < -0.4 is 10.1 Å². The van der Waals surface area contributed by atoms with Crippen LogP contribution in [0.5, 0.6) is 5.75 Å². The van der Waals surface area contributed by atoms with Gasteiger partial charge in [-0.2, -0.15) is 4.99 Å². The van der Waals surface area contributed by atoms with E-state index in [0.717, 1.165) is 30.1 Å². The lowest BCUT2D eigenvalue weighted by molar-refractivity contribution is -0.119. The Morgan fingerprint density at radius 1 is 1.17 bits per heavy atom. The van der Waals surface area contributed by atoms with Gasteiger partial charge >= 0.3 is 0 Å². The van der Waals surface area contributed by atoms with E-state index in [2.05, 4.69) is 15.3 Å². The molecular weight excluding hydrogens is 386 g/mol. The first-order valence-corrected chi connectivity index (χ1v) is 11.1. The van der Waals surface area contributed by atoms with Crippen LogP contribution in [-0.4, -0.2) is 29.3 Å². The third kappa shape index (κ3) is 4.61. The van der Waals surface area contributed by atoms with Crippen molar-refractivity contribution in [2.75, 3.05) is 11.9 Å². The zero-order valence-corrected chi connectivity index (χ0v) is 17.4. The van der Waals surface area contributed by atoms with Gasteiger partial charge in [-0.1, -0.05) is 18.2 Å². The Morgan fingerprint density at radius 2 is 1.97 bits per heavy atom. The first-order chi connectivity index (χ1) is 14.1. The summed E-state index contributed by atoms with van der Waals surface area (Å²) in [6.07, 6.45) is 6.15. The normalized spacial score (nSPS) is 21.0. The average molecular weight is 412 g/mol. The number of benzene rings is 1. The fourth-order valence-corrected chi connectivity index (χ4v) is 5.24. The van der Waals surface area contributed by atoms with Gasteiger partial charge in [0.1, 0.15) is 17.5 Å². The number of thioether (sulfide) groups is 1. The predicted molar refractivity (Wildman–Crippen MR) is 117 cm³/mol. The molecule has 1 aliphatic carbocycles. The van der Waals surface area contributed by atoms with E-state index in [1.54, 1.807) is 11.8 Å². The molecule has 0 fully saturated rings. The Hall–Kier alpha value is -2.41. The van der Waals surface area contributed by atoms with Gasteiger partial charge in [0.15, 0.2) is 0 Å². The summed E-state index contributed by atoms with van der Waals surface area (Å²) >= 11 is 1.66. The molecule has 0 radical (unpaired) electrons. The highest BCUT2D eigenvalue weighted by Gasteiger charge is 2.39. The second kappa shape index (κ2) is 8.95. The number of hydrogen-bond acceptors (Lipinski definition) is 5. The molecule has 1 atom stereocenters. The van der Waals surface area contributed by atoms with E-state index in [9.17, 15) is 9.59 Å². The van der Waals surface area contributed by atoms with E-state index in [4.69, 9.17) is 4.74 Å². The number of amides is 2. The predicted octanol–water partition coefficient (Wildman–Crippen LogP) is 4.72. The van der Waals surface area contributed by atoms with Gasteiger partial charge in [0.25, 0.3) is 5.91 Å². The quantitative estimate of drug-likeness (QED) is 0.734. The van der Waals surface area contributed by atoms with Crippen molar-refractivity contribution < 1.29 is 14.3 Å². The van der Waals surface area contributed by atoms with Crippen molar-refractivity contribution in [3.05, 3.63) is 34.7 Å². The minimum atomic E-state index is -0.255. The van der Waals surface area contributed by atoms with Crippen molar-refractivity contribution in [2.24, 2.45) is 15.9 Å². The summed E-state index contributed by atoms with van der Waals surface area (Å²) in [6, 6.07) is 7.26. The summed E-state index contributed by atoms with van der Waals surface area (Å²) in [4.78, 5) is 35.1. The van der Waals surface area contributed by atoms with E-state index in [0.29, 0.717) is 24.6 Å². The molecule has 1 unspecified atom stereocenters. The van der Waals surface area contributed by atoms with Crippen LogP contribution >= 0.6 is 11.8 Å². The van der Waals surface area contributed by atoms with Gasteiger partial charge < -0.3 is 10.1 Å². The number of allylic oxidation sites excluding steroid dienone is 1. The summed E-state index contributed by atoms with van der Waals surface area (Å²) in [5.41, 5.74) is 1.96. The molecule has 6 nitrogen and oxygen atoms in total. The largest absolute Gasteiger partial charge is 0.494 e. The number of rotatable bonds is 6. The molecule has 152 valence electrons. The zero-order chi connectivity index (χ0) is 20.2. The van der Waals surface area contributed by atoms with Crippen LogP contribution in [0.4, 0.5) is 5.69 Å². The lowest BCUT2D eigenvalue weighted by Gasteiger charge is -2.16. The SMILES string of the molecule is CCOc1ccc(NC(=O)CCC2=NC(=O)C3C(=N2)SC2=C3CCCCC2)cc1. The highest BCUT2D eigenvalue weighted by Crippen LogP contribution is 2.46. The number of anilines is 1. The van der Waals surface area contributed by atoms with E-state index < -0.39 is 0 Å². The number of aliphatic imine (C=N–C) groups is 2. The number of nitrogens with zero attached hydrogens (tertiary/aromatic N) is 2. The number of nitrogens with one attached hydrogen (secondary N) is 1. The van der Waals surface area contributed by atoms with Crippen molar-refractivity contribution in [3.63, 3.8) is 0 Å². The van der Waals surface area contributed by atoms with Crippen molar-refractivity contribution in [2.45, 2.75) is 51.9 Å². The van der Waals surface area contributed by atoms with Crippen LogP contribution in [-0.2, 0) is 9.59 Å². The van der Waals surface area contributed by atoms with Crippen molar-refractivity contribution in [3.8, 4) is 5.75 Å². The number of fused-ring (bicyclic) bond motifs is 2. The topological polar surface area (TPSA) is 80.1 Å². The molecule has 1 N–H and O–H groups in total. The molecule has 0 spiro atoms. The van der Waals surface area contributed by atoms with Crippen LogP contribution in [0.1, 0.15) is 51.9 Å². The fraction of sp³-hybridized carbons (Fsp3) is 0.455. The van der Waals surface area contributed by atoms with Crippen LogP contribution in [0.15, 0.2) is 44.7 Å². The van der Waals surface area contributed by atoms with E-state index in [1.165, 1.54) is 23.3 Å². The van der Waals surface area contributed by atoms with E-state index >= 15 is 0 Å². The third-order valence-electron chi connectivity index (χ3n) is 5.28. The molecule has 0 bridgehead atoms. The lowest BCUT2D eigenvalue weighted by Crippen LogP contribution is -2.26. The van der Waals surface area contributed by atoms with Crippen molar-refractivity contribution >= 4 is 40.1 Å². The summed E-state index contributed by atoms with van der Waals surface area (Å²) in [5, 5.41) is 3.72. The highest BCUT2D eigenvalue weighted by atomic mass is 32.2. The monoisotopic (exact) mass is 411 g/mol. The summed E-state index contributed by atoms with van der Waals surface area (Å²) < 4.78 is 5.40. The van der Waals surface area contributed by atoms with E-state index in [1.807, 2.05) is 31.2 Å². The molecule has 2 amide bonds. The number of carbonyl (C=O) groups excluding carboxylic acids is 2. The molecule has 2 aliphatic heterocycles. The Labute approximate surface area is 174 Å². The van der Waals surface area contributed by atoms with Gasteiger partial charge in [0, 0.05) is 18.5 Å². The standard InChI is InChI=1S/C22H25N3O3S/c1-2-28-15-10-8-14(9-11-15)23-19(26)13-12-18-24-21(27)20-16-6-4-3-5-7-17(16)29-22(20)25-18/h8-11,20H,2-7,12-13H2,1H3,(H,23,26). The van der Waals surface area contributed by atoms with Gasteiger partial charge in [0.2, 0.25) is 5.91 Å². The van der Waals surface area contributed by atoms with Gasteiger partial charge in [0.05, 0.1) is 11.7 Å². The minimum Gasteiger partial charge on any atom is -0.494 e. The van der Waals surface area contributed by atoms with Crippen molar-refractivity contribution in [1.29, 1.82) is 0 Å². The summed E-state index contributed by atoms with van der Waals surface area (Å²) in [7, 11) is 0. The maximum absolute atomic E-state index is 12.6. The van der Waals surface area contributed by atoms with Gasteiger partial charge in [-0.15, -0.1) is 0 Å². The smallest absolute Gasteiger partial charge is 0.261 e. The van der Waals surface area contributed by atoms with Gasteiger partial charge in [-0.05, 0) is 67.4 Å². The minimum absolute atomic E-state index is 0.115. The van der Waals surface area contributed by atoms with Gasteiger partial charge in [-0.25, -0.2) is 4.99 Å².